The lowest BCUT2D eigenvalue weighted by molar-refractivity contribution is -0.397. The van der Waals surface area contributed by atoms with Crippen molar-refractivity contribution in [2.75, 3.05) is 39.8 Å². The number of nitrogens with zero attached hydrogens (tertiary/aromatic N) is 6. The molecule has 36 heavy (non-hydrogen) atoms. The fourth-order valence-electron chi connectivity index (χ4n) is 2.87. The Morgan fingerprint density at radius 2 is 1.03 bits per heavy atom. The molecule has 0 fully saturated rings. The Morgan fingerprint density at radius 1 is 0.722 bits per heavy atom. The molecule has 2 aromatic rings. The van der Waals surface area contributed by atoms with Crippen LogP contribution in [0.4, 0.5) is 20.7 Å². The molecule has 0 atom stereocenters. The predicted octanol–water partition coefficient (Wildman–Crippen LogP) is -1.55. The van der Waals surface area contributed by atoms with Crippen LogP contribution in [0.3, 0.4) is 0 Å². The molecule has 2 heterocycles. The van der Waals surface area contributed by atoms with Gasteiger partial charge in [0.25, 0.3) is 0 Å². The first-order valence-corrected chi connectivity index (χ1v) is 10.2. The zero-order valence-electron chi connectivity index (χ0n) is 19.0. The van der Waals surface area contributed by atoms with Gasteiger partial charge in [-0.1, -0.05) is 9.97 Å². The molecular formula is C18H28F2N6O10. The fraction of sp³-hybridized carbons (Fsp3) is 0.667. The molecule has 0 spiro atoms. The standard InChI is InChI=1S/2C9H14FN3O5/c2*10-3-9(5-15,6-16)4-12-1-7(2-14)11-8(12)13(17)18/h2*1,14-16H,2-6H2. The van der Waals surface area contributed by atoms with Crippen LogP contribution in [0.15, 0.2) is 12.4 Å². The lowest BCUT2D eigenvalue weighted by Crippen LogP contribution is -2.37. The maximum Gasteiger partial charge on any atom is 0.434 e. The van der Waals surface area contributed by atoms with Gasteiger partial charge in [0.15, 0.2) is 11.4 Å². The molecule has 0 aliphatic heterocycles. The van der Waals surface area contributed by atoms with E-state index in [-0.39, 0.29) is 24.5 Å². The Kier molecular flexibility index (Phi) is 11.8. The Balaban J connectivity index is 0.000000360. The van der Waals surface area contributed by atoms with Crippen molar-refractivity contribution >= 4 is 11.9 Å². The Bertz CT molecular complexity index is 898. The van der Waals surface area contributed by atoms with Crippen LogP contribution < -0.4 is 0 Å². The minimum Gasteiger partial charge on any atom is -0.395 e. The number of nitro groups is 2. The third-order valence-corrected chi connectivity index (χ3v) is 5.18. The molecule has 6 N–H and O–H groups in total. The highest BCUT2D eigenvalue weighted by atomic mass is 19.1. The average Bonchev–Trinajstić information content (AvgIpc) is 3.50. The monoisotopic (exact) mass is 526 g/mol. The Labute approximate surface area is 202 Å². The highest BCUT2D eigenvalue weighted by Crippen LogP contribution is 2.24. The summed E-state index contributed by atoms with van der Waals surface area (Å²) < 4.78 is 27.7. The number of hydrogen-bond acceptors (Lipinski definition) is 12. The minimum atomic E-state index is -1.50. The molecule has 0 aliphatic rings. The van der Waals surface area contributed by atoms with Gasteiger partial charge in [-0.25, -0.2) is 9.13 Å². The van der Waals surface area contributed by atoms with Crippen molar-refractivity contribution in [2.24, 2.45) is 10.8 Å². The number of aliphatic hydroxyl groups is 6. The third-order valence-electron chi connectivity index (χ3n) is 5.18. The highest BCUT2D eigenvalue weighted by Gasteiger charge is 2.35. The van der Waals surface area contributed by atoms with Gasteiger partial charge in [-0.15, -0.1) is 0 Å². The van der Waals surface area contributed by atoms with Crippen LogP contribution in [-0.2, 0) is 26.3 Å². The normalized spacial score (nSPS) is 11.8. The van der Waals surface area contributed by atoms with E-state index in [0.29, 0.717) is 0 Å². The van der Waals surface area contributed by atoms with E-state index in [1.165, 1.54) is 12.4 Å². The molecule has 0 saturated heterocycles. The van der Waals surface area contributed by atoms with Gasteiger partial charge in [0, 0.05) is 0 Å². The quantitative estimate of drug-likeness (QED) is 0.121. The van der Waals surface area contributed by atoms with E-state index in [1.807, 2.05) is 0 Å². The van der Waals surface area contributed by atoms with Gasteiger partial charge in [-0.2, -0.15) is 0 Å². The molecule has 0 unspecified atom stereocenters. The van der Waals surface area contributed by atoms with E-state index in [2.05, 4.69) is 9.97 Å². The molecule has 0 radical (unpaired) electrons. The van der Waals surface area contributed by atoms with E-state index in [4.69, 9.17) is 30.6 Å². The van der Waals surface area contributed by atoms with Crippen LogP contribution in [0, 0.1) is 31.1 Å². The predicted molar refractivity (Wildman–Crippen MR) is 115 cm³/mol. The van der Waals surface area contributed by atoms with Crippen LogP contribution in [0.2, 0.25) is 0 Å². The van der Waals surface area contributed by atoms with Crippen LogP contribution in [-0.4, -0.2) is 99.4 Å². The zero-order valence-corrected chi connectivity index (χ0v) is 19.0. The summed E-state index contributed by atoms with van der Waals surface area (Å²) in [5.41, 5.74) is -2.88. The van der Waals surface area contributed by atoms with Crippen molar-refractivity contribution in [2.45, 2.75) is 26.3 Å². The Morgan fingerprint density at radius 3 is 1.22 bits per heavy atom. The van der Waals surface area contributed by atoms with Gasteiger partial charge in [0.2, 0.25) is 0 Å². The molecule has 2 aromatic heterocycles. The average molecular weight is 526 g/mol. The van der Waals surface area contributed by atoms with Crippen molar-refractivity contribution in [3.8, 4) is 0 Å². The minimum absolute atomic E-state index is 0.0605. The molecule has 16 nitrogen and oxygen atoms in total. The molecule has 0 amide bonds. The Hall–Kier alpha value is -3.16. The van der Waals surface area contributed by atoms with E-state index in [9.17, 15) is 29.0 Å². The summed E-state index contributed by atoms with van der Waals surface area (Å²) in [7, 11) is 0. The van der Waals surface area contributed by atoms with Crippen LogP contribution in [0.25, 0.3) is 0 Å². The molecule has 0 aromatic carbocycles. The molecule has 18 heteroatoms. The van der Waals surface area contributed by atoms with Crippen molar-refractivity contribution in [3.05, 3.63) is 44.0 Å². The molecule has 0 bridgehead atoms. The van der Waals surface area contributed by atoms with Crippen molar-refractivity contribution in [1.29, 1.82) is 0 Å². The van der Waals surface area contributed by atoms with Crippen molar-refractivity contribution in [3.63, 3.8) is 0 Å². The molecule has 2 rings (SSSR count). The SMILES string of the molecule is O=[N+]([O-])c1nc(CO)cn1CC(CO)(CO)CF.O=[N+]([O-])c1nc(CO)cn1CC(CO)(CO)CF. The number of imidazole rings is 2. The largest absolute Gasteiger partial charge is 0.434 e. The van der Waals surface area contributed by atoms with Gasteiger partial charge < -0.3 is 50.9 Å². The molecule has 0 aliphatic carbocycles. The van der Waals surface area contributed by atoms with E-state index < -0.39 is 85.6 Å². The second-order valence-corrected chi connectivity index (χ2v) is 8.05. The fourth-order valence-corrected chi connectivity index (χ4v) is 2.87. The van der Waals surface area contributed by atoms with E-state index in [1.54, 1.807) is 0 Å². The summed E-state index contributed by atoms with van der Waals surface area (Å²) in [6.45, 7) is -6.32. The second-order valence-electron chi connectivity index (χ2n) is 8.05. The number of halogens is 2. The number of rotatable bonds is 14. The van der Waals surface area contributed by atoms with Gasteiger partial charge in [0.1, 0.15) is 39.0 Å². The first kappa shape index (κ1) is 30.9. The first-order chi connectivity index (χ1) is 17.0. The number of aliphatic hydroxyl groups excluding tert-OH is 6. The van der Waals surface area contributed by atoms with Gasteiger partial charge in [-0.05, 0) is 9.85 Å². The summed E-state index contributed by atoms with van der Waals surface area (Å²) in [6, 6.07) is 0. The van der Waals surface area contributed by atoms with Gasteiger partial charge in [0.05, 0.1) is 50.3 Å². The maximum atomic E-state index is 12.8. The number of alkyl halides is 2. The summed E-state index contributed by atoms with van der Waals surface area (Å²) >= 11 is 0. The van der Waals surface area contributed by atoms with Crippen molar-refractivity contribution < 1.29 is 49.3 Å². The smallest absolute Gasteiger partial charge is 0.395 e. The summed E-state index contributed by atoms with van der Waals surface area (Å²) in [5, 5.41) is 75.5. The lowest BCUT2D eigenvalue weighted by atomic mass is 9.92. The van der Waals surface area contributed by atoms with Crippen LogP contribution in [0.1, 0.15) is 11.4 Å². The van der Waals surface area contributed by atoms with Crippen LogP contribution >= 0.6 is 0 Å². The van der Waals surface area contributed by atoms with Gasteiger partial charge >= 0.3 is 11.9 Å². The number of hydrogen-bond donors (Lipinski definition) is 6. The van der Waals surface area contributed by atoms with E-state index >= 15 is 0 Å². The number of aromatic nitrogens is 4. The second kappa shape index (κ2) is 13.8. The summed E-state index contributed by atoms with van der Waals surface area (Å²) in [5.74, 6) is -1.14. The van der Waals surface area contributed by atoms with Crippen molar-refractivity contribution in [1.82, 2.24) is 19.1 Å². The summed E-state index contributed by atoms with van der Waals surface area (Å²) in [6.07, 6.45) is 2.38. The highest BCUT2D eigenvalue weighted by molar-refractivity contribution is 5.15. The third kappa shape index (κ3) is 7.42. The zero-order chi connectivity index (χ0) is 27.5. The van der Waals surface area contributed by atoms with E-state index in [0.717, 1.165) is 9.13 Å². The lowest BCUT2D eigenvalue weighted by Gasteiger charge is -2.24. The topological polar surface area (TPSA) is 243 Å². The first-order valence-electron chi connectivity index (χ1n) is 10.2. The summed E-state index contributed by atoms with van der Waals surface area (Å²) in [4.78, 5) is 27.0. The molecular weight excluding hydrogens is 498 g/mol. The molecule has 204 valence electrons. The van der Waals surface area contributed by atoms with Gasteiger partial charge in [-0.3, -0.25) is 8.78 Å². The van der Waals surface area contributed by atoms with Crippen LogP contribution in [0.5, 0.6) is 0 Å². The maximum absolute atomic E-state index is 12.8. The molecule has 0 saturated carbocycles.